The molecule has 1 aromatic rings. The lowest BCUT2D eigenvalue weighted by Gasteiger charge is -2.08. The SMILES string of the molecule is C#CCC(C#CC)COC(=O)c1ccc(O)cc1. The second-order valence-corrected chi connectivity index (χ2v) is 3.64. The number of hydrogen-bond acceptors (Lipinski definition) is 3. The minimum atomic E-state index is -0.449. The van der Waals surface area contributed by atoms with Gasteiger partial charge in [0.05, 0.1) is 11.5 Å². The number of phenolic OH excluding ortho intramolecular Hbond substituents is 1. The van der Waals surface area contributed by atoms with E-state index in [9.17, 15) is 4.79 Å². The largest absolute Gasteiger partial charge is 0.508 e. The molecule has 0 aromatic heterocycles. The molecule has 0 saturated heterocycles. The van der Waals surface area contributed by atoms with Gasteiger partial charge in [-0.05, 0) is 31.2 Å². The number of aromatic hydroxyl groups is 1. The number of carbonyl (C=O) groups is 1. The van der Waals surface area contributed by atoms with Crippen molar-refractivity contribution in [1.29, 1.82) is 0 Å². The summed E-state index contributed by atoms with van der Waals surface area (Å²) in [5.74, 6) is 7.66. The van der Waals surface area contributed by atoms with E-state index in [2.05, 4.69) is 17.8 Å². The van der Waals surface area contributed by atoms with Crippen molar-refractivity contribution < 1.29 is 14.6 Å². The van der Waals surface area contributed by atoms with Gasteiger partial charge in [0.2, 0.25) is 0 Å². The molecule has 1 rings (SSSR count). The maximum atomic E-state index is 11.7. The normalized spacial score (nSPS) is 10.7. The minimum absolute atomic E-state index is 0.105. The zero-order valence-electron chi connectivity index (χ0n) is 10.1. The number of carbonyl (C=O) groups excluding carboxylic acids is 1. The molecule has 0 saturated carbocycles. The van der Waals surface area contributed by atoms with Crippen molar-refractivity contribution >= 4 is 5.97 Å². The van der Waals surface area contributed by atoms with E-state index in [0.29, 0.717) is 12.0 Å². The monoisotopic (exact) mass is 242 g/mol. The van der Waals surface area contributed by atoms with Crippen molar-refractivity contribution in [2.75, 3.05) is 6.61 Å². The molecule has 0 amide bonds. The molecule has 0 bridgehead atoms. The summed E-state index contributed by atoms with van der Waals surface area (Å²) < 4.78 is 5.12. The summed E-state index contributed by atoms with van der Waals surface area (Å²) in [6.07, 6.45) is 5.66. The van der Waals surface area contributed by atoms with Crippen LogP contribution in [0.25, 0.3) is 0 Å². The third-order valence-corrected chi connectivity index (χ3v) is 2.23. The molecule has 1 unspecified atom stereocenters. The molecule has 3 nitrogen and oxygen atoms in total. The molecular weight excluding hydrogens is 228 g/mol. The standard InChI is InChI=1S/C15H14O3/c1-3-5-12(6-4-2)11-18-15(17)13-7-9-14(16)10-8-13/h1,7-10,12,16H,5,11H2,2H3. The van der Waals surface area contributed by atoms with Gasteiger partial charge in [-0.15, -0.1) is 18.3 Å². The van der Waals surface area contributed by atoms with Crippen LogP contribution in [0.5, 0.6) is 5.75 Å². The fourth-order valence-electron chi connectivity index (χ4n) is 1.36. The Morgan fingerprint density at radius 3 is 2.67 bits per heavy atom. The van der Waals surface area contributed by atoms with Crippen molar-refractivity contribution in [1.82, 2.24) is 0 Å². The first-order valence-corrected chi connectivity index (χ1v) is 5.49. The average Bonchev–Trinajstić information content (AvgIpc) is 2.37. The first kappa shape index (κ1) is 13.7. The van der Waals surface area contributed by atoms with E-state index in [4.69, 9.17) is 16.3 Å². The molecule has 0 fully saturated rings. The van der Waals surface area contributed by atoms with Gasteiger partial charge in [-0.1, -0.05) is 5.92 Å². The van der Waals surface area contributed by atoms with Crippen LogP contribution in [-0.2, 0) is 4.74 Å². The zero-order chi connectivity index (χ0) is 13.4. The van der Waals surface area contributed by atoms with Crippen LogP contribution in [-0.4, -0.2) is 17.7 Å². The molecule has 0 radical (unpaired) electrons. The number of ether oxygens (including phenoxy) is 1. The molecule has 1 aromatic carbocycles. The second kappa shape index (κ2) is 7.04. The zero-order valence-corrected chi connectivity index (χ0v) is 10.1. The van der Waals surface area contributed by atoms with Crippen LogP contribution in [0.15, 0.2) is 24.3 Å². The summed E-state index contributed by atoms with van der Waals surface area (Å²) in [4.78, 5) is 11.7. The van der Waals surface area contributed by atoms with Gasteiger partial charge < -0.3 is 9.84 Å². The maximum Gasteiger partial charge on any atom is 0.338 e. The van der Waals surface area contributed by atoms with E-state index in [-0.39, 0.29) is 18.3 Å². The molecule has 0 aliphatic carbocycles. The number of terminal acetylenes is 1. The maximum absolute atomic E-state index is 11.7. The number of hydrogen-bond donors (Lipinski definition) is 1. The van der Waals surface area contributed by atoms with Gasteiger partial charge in [0, 0.05) is 6.42 Å². The number of benzene rings is 1. The van der Waals surface area contributed by atoms with Gasteiger partial charge in [0.15, 0.2) is 0 Å². The van der Waals surface area contributed by atoms with Gasteiger partial charge in [-0.3, -0.25) is 0 Å². The Bertz CT molecular complexity index is 497. The Balaban J connectivity index is 2.56. The molecule has 18 heavy (non-hydrogen) atoms. The summed E-state index contributed by atoms with van der Waals surface area (Å²) in [5, 5.41) is 9.10. The predicted molar refractivity (Wildman–Crippen MR) is 68.8 cm³/mol. The van der Waals surface area contributed by atoms with Crippen molar-refractivity contribution in [3.05, 3.63) is 29.8 Å². The fraction of sp³-hybridized carbons (Fsp3) is 0.267. The lowest BCUT2D eigenvalue weighted by atomic mass is 10.1. The molecule has 0 heterocycles. The molecular formula is C15H14O3. The Kier molecular flexibility index (Phi) is 5.35. The molecule has 1 atom stereocenters. The summed E-state index contributed by atoms with van der Waals surface area (Å²) >= 11 is 0. The van der Waals surface area contributed by atoms with Crippen LogP contribution >= 0.6 is 0 Å². The highest BCUT2D eigenvalue weighted by Crippen LogP contribution is 2.11. The molecule has 92 valence electrons. The van der Waals surface area contributed by atoms with Crippen molar-refractivity contribution in [2.24, 2.45) is 5.92 Å². The highest BCUT2D eigenvalue weighted by Gasteiger charge is 2.10. The smallest absolute Gasteiger partial charge is 0.338 e. The average molecular weight is 242 g/mol. The third kappa shape index (κ3) is 4.23. The Morgan fingerprint density at radius 1 is 1.44 bits per heavy atom. The van der Waals surface area contributed by atoms with Crippen LogP contribution in [0.1, 0.15) is 23.7 Å². The predicted octanol–water partition coefficient (Wildman–Crippen LogP) is 2.21. The van der Waals surface area contributed by atoms with E-state index in [1.54, 1.807) is 6.92 Å². The molecule has 0 aliphatic heterocycles. The third-order valence-electron chi connectivity index (χ3n) is 2.23. The highest BCUT2D eigenvalue weighted by molar-refractivity contribution is 5.89. The van der Waals surface area contributed by atoms with Crippen LogP contribution in [0.4, 0.5) is 0 Å². The lowest BCUT2D eigenvalue weighted by Crippen LogP contribution is -2.13. The molecule has 0 spiro atoms. The Labute approximate surface area is 107 Å². The Hall–Kier alpha value is -2.39. The van der Waals surface area contributed by atoms with E-state index < -0.39 is 5.97 Å². The van der Waals surface area contributed by atoms with Crippen molar-refractivity contribution in [2.45, 2.75) is 13.3 Å². The van der Waals surface area contributed by atoms with Crippen LogP contribution in [0.3, 0.4) is 0 Å². The van der Waals surface area contributed by atoms with Gasteiger partial charge in [0.25, 0.3) is 0 Å². The van der Waals surface area contributed by atoms with Gasteiger partial charge in [-0.2, -0.15) is 0 Å². The number of phenols is 1. The number of esters is 1. The molecule has 0 aliphatic rings. The van der Waals surface area contributed by atoms with Gasteiger partial charge in [-0.25, -0.2) is 4.79 Å². The highest BCUT2D eigenvalue weighted by atomic mass is 16.5. The lowest BCUT2D eigenvalue weighted by molar-refractivity contribution is 0.0471. The summed E-state index contributed by atoms with van der Waals surface area (Å²) in [6.45, 7) is 1.88. The van der Waals surface area contributed by atoms with Crippen molar-refractivity contribution in [3.63, 3.8) is 0 Å². The summed E-state index contributed by atoms with van der Waals surface area (Å²) in [5.41, 5.74) is 0.386. The van der Waals surface area contributed by atoms with E-state index >= 15 is 0 Å². The molecule has 1 N–H and O–H groups in total. The quantitative estimate of drug-likeness (QED) is 0.650. The summed E-state index contributed by atoms with van der Waals surface area (Å²) in [6, 6.07) is 5.86. The van der Waals surface area contributed by atoms with Crippen LogP contribution < -0.4 is 0 Å². The van der Waals surface area contributed by atoms with E-state index in [1.807, 2.05) is 0 Å². The van der Waals surface area contributed by atoms with E-state index in [0.717, 1.165) is 0 Å². The summed E-state index contributed by atoms with van der Waals surface area (Å²) in [7, 11) is 0. The number of rotatable bonds is 4. The first-order valence-electron chi connectivity index (χ1n) is 5.49. The van der Waals surface area contributed by atoms with Crippen molar-refractivity contribution in [3.8, 4) is 29.9 Å². The molecule has 3 heteroatoms. The minimum Gasteiger partial charge on any atom is -0.508 e. The second-order valence-electron chi connectivity index (χ2n) is 3.64. The topological polar surface area (TPSA) is 46.5 Å². The van der Waals surface area contributed by atoms with Crippen LogP contribution in [0.2, 0.25) is 0 Å². The van der Waals surface area contributed by atoms with E-state index in [1.165, 1.54) is 24.3 Å². The van der Waals surface area contributed by atoms with Crippen LogP contribution in [0, 0.1) is 30.1 Å². The van der Waals surface area contributed by atoms with Gasteiger partial charge in [0.1, 0.15) is 12.4 Å². The fourth-order valence-corrected chi connectivity index (χ4v) is 1.36. The Morgan fingerprint density at radius 2 is 2.11 bits per heavy atom. The van der Waals surface area contributed by atoms with Gasteiger partial charge >= 0.3 is 5.97 Å². The first-order chi connectivity index (χ1) is 8.67.